The third kappa shape index (κ3) is 5.93. The van der Waals surface area contributed by atoms with Gasteiger partial charge in [0.2, 0.25) is 10.0 Å². The van der Waals surface area contributed by atoms with Crippen molar-refractivity contribution < 1.29 is 8.42 Å². The molecular weight excluding hydrogens is 412 g/mol. The Hall–Kier alpha value is -3.17. The Morgan fingerprint density at radius 1 is 1.00 bits per heavy atom. The predicted octanol–water partition coefficient (Wildman–Crippen LogP) is 2.05. The first-order valence-electron chi connectivity index (χ1n) is 9.90. The lowest BCUT2D eigenvalue weighted by molar-refractivity contribution is 0.520. The Morgan fingerprint density at radius 3 is 2.29 bits per heavy atom. The van der Waals surface area contributed by atoms with Gasteiger partial charge in [-0.15, -0.1) is 0 Å². The van der Waals surface area contributed by atoms with Crippen molar-refractivity contribution >= 4 is 16.0 Å². The van der Waals surface area contributed by atoms with Crippen molar-refractivity contribution in [2.24, 2.45) is 4.99 Å². The fourth-order valence-corrected chi connectivity index (χ4v) is 3.93. The molecule has 0 saturated carbocycles. The topological polar surface area (TPSA) is 91.6 Å². The predicted molar refractivity (Wildman–Crippen MR) is 122 cm³/mol. The number of nitrogens with one attached hydrogen (secondary N) is 2. The van der Waals surface area contributed by atoms with Crippen LogP contribution in [0.5, 0.6) is 0 Å². The third-order valence-corrected chi connectivity index (χ3v) is 6.67. The van der Waals surface area contributed by atoms with Crippen LogP contribution in [0, 0.1) is 0 Å². The van der Waals surface area contributed by atoms with E-state index in [4.69, 9.17) is 0 Å². The molecule has 8 nitrogen and oxygen atoms in total. The molecule has 3 rings (SSSR count). The molecule has 0 saturated heterocycles. The van der Waals surface area contributed by atoms with Gasteiger partial charge in [-0.25, -0.2) is 12.7 Å². The molecule has 0 spiro atoms. The van der Waals surface area contributed by atoms with Gasteiger partial charge in [0.05, 0.1) is 11.4 Å². The maximum atomic E-state index is 12.2. The van der Waals surface area contributed by atoms with E-state index in [0.29, 0.717) is 25.6 Å². The number of hydrogen-bond donors (Lipinski definition) is 2. The van der Waals surface area contributed by atoms with Gasteiger partial charge in [0.1, 0.15) is 0 Å². The molecule has 0 amide bonds. The average molecular weight is 441 g/mol. The number of benzene rings is 2. The van der Waals surface area contributed by atoms with Gasteiger partial charge < -0.3 is 10.6 Å². The van der Waals surface area contributed by atoms with Gasteiger partial charge in [-0.05, 0) is 34.9 Å². The normalized spacial score (nSPS) is 12.2. The molecule has 9 heteroatoms. The van der Waals surface area contributed by atoms with E-state index >= 15 is 0 Å². The molecule has 1 heterocycles. The second-order valence-electron chi connectivity index (χ2n) is 7.18. The zero-order valence-electron chi connectivity index (χ0n) is 18.0. The summed E-state index contributed by atoms with van der Waals surface area (Å²) < 4.78 is 27.5. The van der Waals surface area contributed by atoms with Crippen molar-refractivity contribution in [2.75, 3.05) is 21.1 Å². The second kappa shape index (κ2) is 10.2. The zero-order valence-corrected chi connectivity index (χ0v) is 18.8. The molecule has 1 aromatic heterocycles. The molecule has 0 bridgehead atoms. The fourth-order valence-electron chi connectivity index (χ4n) is 3.03. The van der Waals surface area contributed by atoms with Crippen molar-refractivity contribution in [3.8, 4) is 0 Å². The van der Waals surface area contributed by atoms with E-state index in [1.807, 2.05) is 29.1 Å². The molecule has 0 atom stereocenters. The van der Waals surface area contributed by atoms with E-state index in [1.54, 1.807) is 37.5 Å². The largest absolute Gasteiger partial charge is 0.352 e. The van der Waals surface area contributed by atoms with Crippen LogP contribution in [-0.2, 0) is 29.7 Å². The Balaban J connectivity index is 1.57. The van der Waals surface area contributed by atoms with E-state index in [9.17, 15) is 8.42 Å². The van der Waals surface area contributed by atoms with E-state index in [2.05, 4.69) is 32.9 Å². The van der Waals surface area contributed by atoms with Gasteiger partial charge in [-0.3, -0.25) is 9.67 Å². The van der Waals surface area contributed by atoms with Gasteiger partial charge in [0.25, 0.3) is 0 Å². The highest BCUT2D eigenvalue weighted by Gasteiger charge is 2.16. The summed E-state index contributed by atoms with van der Waals surface area (Å²) in [5.74, 6) is 0.666. The summed E-state index contributed by atoms with van der Waals surface area (Å²) in [6.07, 6.45) is 3.72. The number of aromatic nitrogens is 2. The number of hydrogen-bond acceptors (Lipinski definition) is 4. The molecule has 2 aromatic carbocycles. The number of sulfonamides is 1. The molecular formula is C22H28N6O2S. The van der Waals surface area contributed by atoms with E-state index < -0.39 is 10.0 Å². The summed E-state index contributed by atoms with van der Waals surface area (Å²) in [4.78, 5) is 4.55. The van der Waals surface area contributed by atoms with E-state index in [-0.39, 0.29) is 4.90 Å². The SMILES string of the molecule is CN=C(NCc1ccc(S(=O)(=O)N(C)C)cc1)NCc1ccccc1Cn1cccn1. The minimum absolute atomic E-state index is 0.276. The molecule has 0 aliphatic heterocycles. The Kier molecular flexibility index (Phi) is 7.43. The molecule has 0 radical (unpaired) electrons. The van der Waals surface area contributed by atoms with Crippen molar-refractivity contribution in [3.63, 3.8) is 0 Å². The number of rotatable bonds is 8. The maximum Gasteiger partial charge on any atom is 0.242 e. The van der Waals surface area contributed by atoms with E-state index in [1.165, 1.54) is 29.5 Å². The fraction of sp³-hybridized carbons (Fsp3) is 0.273. The quantitative estimate of drug-likeness (QED) is 0.413. The zero-order chi connectivity index (χ0) is 22.3. The van der Waals surface area contributed by atoms with Gasteiger partial charge in [0, 0.05) is 46.6 Å². The standard InChI is InChI=1S/C22H28N6O2S/c1-23-22(24-15-18-9-11-21(12-10-18)31(29,30)27(2)3)25-16-19-7-4-5-8-20(19)17-28-14-6-13-26-28/h4-14H,15-17H2,1-3H3,(H2,23,24,25). The molecule has 164 valence electrons. The Labute approximate surface area is 183 Å². The van der Waals surface area contributed by atoms with Gasteiger partial charge in [-0.1, -0.05) is 36.4 Å². The molecule has 31 heavy (non-hydrogen) atoms. The van der Waals surface area contributed by atoms with Crippen LogP contribution in [0.3, 0.4) is 0 Å². The first-order valence-corrected chi connectivity index (χ1v) is 11.3. The lowest BCUT2D eigenvalue weighted by Crippen LogP contribution is -2.36. The molecule has 0 aliphatic carbocycles. The lowest BCUT2D eigenvalue weighted by atomic mass is 10.1. The minimum Gasteiger partial charge on any atom is -0.352 e. The molecule has 0 aliphatic rings. The van der Waals surface area contributed by atoms with Crippen LogP contribution in [0.25, 0.3) is 0 Å². The molecule has 0 fully saturated rings. The van der Waals surface area contributed by atoms with Crippen molar-refractivity contribution in [1.82, 2.24) is 24.7 Å². The van der Waals surface area contributed by atoms with Crippen LogP contribution in [0.4, 0.5) is 0 Å². The summed E-state index contributed by atoms with van der Waals surface area (Å²) in [7, 11) is 1.34. The summed E-state index contributed by atoms with van der Waals surface area (Å²) in [5.41, 5.74) is 3.31. The highest BCUT2D eigenvalue weighted by Crippen LogP contribution is 2.14. The van der Waals surface area contributed by atoms with Crippen LogP contribution in [0.2, 0.25) is 0 Å². The summed E-state index contributed by atoms with van der Waals surface area (Å²) in [5, 5.41) is 10.9. The van der Waals surface area contributed by atoms with Crippen molar-refractivity contribution in [2.45, 2.75) is 24.5 Å². The van der Waals surface area contributed by atoms with Crippen LogP contribution in [-0.4, -0.2) is 49.6 Å². The Morgan fingerprint density at radius 2 is 1.68 bits per heavy atom. The van der Waals surface area contributed by atoms with Gasteiger partial charge in [0.15, 0.2) is 5.96 Å². The van der Waals surface area contributed by atoms with Crippen LogP contribution in [0.15, 0.2) is 76.9 Å². The maximum absolute atomic E-state index is 12.2. The number of aliphatic imine (C=N–C) groups is 1. The average Bonchev–Trinajstić information content (AvgIpc) is 3.28. The van der Waals surface area contributed by atoms with Gasteiger partial charge >= 0.3 is 0 Å². The van der Waals surface area contributed by atoms with Crippen LogP contribution >= 0.6 is 0 Å². The first-order chi connectivity index (χ1) is 14.9. The monoisotopic (exact) mass is 440 g/mol. The third-order valence-electron chi connectivity index (χ3n) is 4.84. The Bertz CT molecular complexity index is 1110. The number of guanidine groups is 1. The summed E-state index contributed by atoms with van der Waals surface area (Å²) >= 11 is 0. The molecule has 0 unspecified atom stereocenters. The van der Waals surface area contributed by atoms with Crippen LogP contribution < -0.4 is 10.6 Å². The smallest absolute Gasteiger partial charge is 0.242 e. The molecule has 3 aromatic rings. The second-order valence-corrected chi connectivity index (χ2v) is 9.33. The van der Waals surface area contributed by atoms with E-state index in [0.717, 1.165) is 5.56 Å². The summed E-state index contributed by atoms with van der Waals surface area (Å²) in [6.45, 7) is 1.85. The van der Waals surface area contributed by atoms with Crippen LogP contribution in [0.1, 0.15) is 16.7 Å². The van der Waals surface area contributed by atoms with Crippen molar-refractivity contribution in [3.05, 3.63) is 83.7 Å². The first kappa shape index (κ1) is 22.5. The summed E-state index contributed by atoms with van der Waals surface area (Å²) in [6, 6.07) is 17.0. The minimum atomic E-state index is -3.42. The van der Waals surface area contributed by atoms with Crippen molar-refractivity contribution in [1.29, 1.82) is 0 Å². The van der Waals surface area contributed by atoms with Gasteiger partial charge in [-0.2, -0.15) is 5.10 Å². The molecule has 2 N–H and O–H groups in total. The highest BCUT2D eigenvalue weighted by molar-refractivity contribution is 7.89. The lowest BCUT2D eigenvalue weighted by Gasteiger charge is -2.15. The highest BCUT2D eigenvalue weighted by atomic mass is 32.2. The number of nitrogens with zero attached hydrogens (tertiary/aromatic N) is 4.